The van der Waals surface area contributed by atoms with Crippen molar-refractivity contribution in [2.45, 2.75) is 25.5 Å². The van der Waals surface area contributed by atoms with E-state index < -0.39 is 10.0 Å². The van der Waals surface area contributed by atoms with Gasteiger partial charge in [0.1, 0.15) is 0 Å². The molecular formula is C15H22N2O3S. The summed E-state index contributed by atoms with van der Waals surface area (Å²) in [6, 6.07) is 9.20. The Morgan fingerprint density at radius 1 is 1.10 bits per heavy atom. The summed E-state index contributed by atoms with van der Waals surface area (Å²) in [6.07, 6.45) is 1.16. The second kappa shape index (κ2) is 7.04. The van der Waals surface area contributed by atoms with Crippen LogP contribution in [0.2, 0.25) is 0 Å². The summed E-state index contributed by atoms with van der Waals surface area (Å²) in [5, 5.41) is 0. The van der Waals surface area contributed by atoms with Crippen molar-refractivity contribution < 1.29 is 13.2 Å². The van der Waals surface area contributed by atoms with Crippen molar-refractivity contribution in [1.29, 1.82) is 0 Å². The van der Waals surface area contributed by atoms with Crippen LogP contribution in [0.15, 0.2) is 30.3 Å². The number of hydrogen-bond donors (Lipinski definition) is 0. The molecule has 0 atom stereocenters. The number of benzene rings is 1. The quantitative estimate of drug-likeness (QED) is 0.846. The number of rotatable bonds is 4. The molecule has 0 radical (unpaired) electrons. The van der Waals surface area contributed by atoms with E-state index in [-0.39, 0.29) is 11.7 Å². The minimum Gasteiger partial charge on any atom is -0.341 e. The third kappa shape index (κ3) is 4.28. The van der Waals surface area contributed by atoms with Gasteiger partial charge in [0.2, 0.25) is 15.9 Å². The van der Waals surface area contributed by atoms with E-state index in [1.807, 2.05) is 37.3 Å². The van der Waals surface area contributed by atoms with Gasteiger partial charge in [0, 0.05) is 32.6 Å². The fourth-order valence-corrected chi connectivity index (χ4v) is 4.08. The van der Waals surface area contributed by atoms with E-state index in [2.05, 4.69) is 0 Å². The molecular weight excluding hydrogens is 288 g/mol. The Bertz CT molecular complexity index is 572. The van der Waals surface area contributed by atoms with Crippen LogP contribution in [0.3, 0.4) is 0 Å². The molecule has 116 valence electrons. The Kier molecular flexibility index (Phi) is 5.36. The molecule has 21 heavy (non-hydrogen) atoms. The van der Waals surface area contributed by atoms with E-state index in [0.717, 1.165) is 5.56 Å². The molecule has 2 rings (SSSR count). The summed E-state index contributed by atoms with van der Waals surface area (Å²) >= 11 is 0. The second-order valence-corrected chi connectivity index (χ2v) is 7.20. The highest BCUT2D eigenvalue weighted by atomic mass is 32.2. The molecule has 0 bridgehead atoms. The van der Waals surface area contributed by atoms with Gasteiger partial charge in [-0.2, -0.15) is 4.31 Å². The maximum absolute atomic E-state index is 12.5. The number of sulfonamides is 1. The zero-order valence-electron chi connectivity index (χ0n) is 12.4. The van der Waals surface area contributed by atoms with Crippen molar-refractivity contribution in [3.05, 3.63) is 35.9 Å². The first-order valence-electron chi connectivity index (χ1n) is 7.32. The van der Waals surface area contributed by atoms with Gasteiger partial charge >= 0.3 is 0 Å². The molecule has 1 aromatic carbocycles. The first-order chi connectivity index (χ1) is 10.0. The smallest absolute Gasteiger partial charge is 0.222 e. The van der Waals surface area contributed by atoms with Gasteiger partial charge in [-0.25, -0.2) is 8.42 Å². The summed E-state index contributed by atoms with van der Waals surface area (Å²) < 4.78 is 26.5. The van der Waals surface area contributed by atoms with Crippen molar-refractivity contribution in [1.82, 2.24) is 9.21 Å². The third-order valence-electron chi connectivity index (χ3n) is 3.70. The molecule has 0 unspecified atom stereocenters. The highest BCUT2D eigenvalue weighted by Gasteiger charge is 2.26. The van der Waals surface area contributed by atoms with Crippen LogP contribution < -0.4 is 0 Å². The number of hydrogen-bond acceptors (Lipinski definition) is 3. The molecule has 5 nitrogen and oxygen atoms in total. The monoisotopic (exact) mass is 310 g/mol. The summed E-state index contributed by atoms with van der Waals surface area (Å²) in [7, 11) is -3.32. The van der Waals surface area contributed by atoms with Crippen molar-refractivity contribution in [3.63, 3.8) is 0 Å². The van der Waals surface area contributed by atoms with Crippen molar-refractivity contribution >= 4 is 15.9 Å². The molecule has 1 saturated heterocycles. The molecule has 1 fully saturated rings. The van der Waals surface area contributed by atoms with Crippen LogP contribution in [-0.4, -0.2) is 49.7 Å². The van der Waals surface area contributed by atoms with Crippen LogP contribution in [0.4, 0.5) is 0 Å². The minimum atomic E-state index is -3.32. The molecule has 0 saturated carbocycles. The van der Waals surface area contributed by atoms with E-state index in [0.29, 0.717) is 39.0 Å². The number of nitrogens with zero attached hydrogens (tertiary/aromatic N) is 2. The summed E-state index contributed by atoms with van der Waals surface area (Å²) in [5.74, 6) is 0.118. The lowest BCUT2D eigenvalue weighted by atomic mass is 10.2. The normalized spacial score (nSPS) is 17.5. The fourth-order valence-electron chi connectivity index (χ4n) is 2.52. The van der Waals surface area contributed by atoms with Crippen LogP contribution in [0, 0.1) is 0 Å². The number of carbonyl (C=O) groups is 1. The summed E-state index contributed by atoms with van der Waals surface area (Å²) in [4.78, 5) is 13.5. The molecule has 1 aliphatic heterocycles. The van der Waals surface area contributed by atoms with Crippen molar-refractivity contribution in [2.75, 3.05) is 26.2 Å². The first kappa shape index (κ1) is 16.0. The minimum absolute atomic E-state index is 0.0234. The maximum Gasteiger partial charge on any atom is 0.222 e. The standard InChI is InChI=1S/C15H22N2O3S/c1-2-15(18)16-9-6-10-17(12-11-16)21(19,20)13-14-7-4-3-5-8-14/h3-5,7-8H,2,6,9-13H2,1H3. The predicted octanol–water partition coefficient (Wildman–Crippen LogP) is 1.46. The van der Waals surface area contributed by atoms with E-state index in [4.69, 9.17) is 0 Å². The molecule has 1 aliphatic rings. The molecule has 6 heteroatoms. The molecule has 0 aliphatic carbocycles. The van der Waals surface area contributed by atoms with Gasteiger partial charge in [0.05, 0.1) is 5.75 Å². The zero-order chi connectivity index (χ0) is 15.3. The van der Waals surface area contributed by atoms with E-state index in [1.54, 1.807) is 4.90 Å². The van der Waals surface area contributed by atoms with E-state index >= 15 is 0 Å². The molecule has 1 amide bonds. The highest BCUT2D eigenvalue weighted by molar-refractivity contribution is 7.88. The van der Waals surface area contributed by atoms with E-state index in [9.17, 15) is 13.2 Å². The number of carbonyl (C=O) groups excluding carboxylic acids is 1. The Hall–Kier alpha value is -1.40. The SMILES string of the molecule is CCC(=O)N1CCCN(S(=O)(=O)Cc2ccccc2)CC1. The lowest BCUT2D eigenvalue weighted by Crippen LogP contribution is -2.37. The van der Waals surface area contributed by atoms with Crippen LogP contribution in [0.1, 0.15) is 25.3 Å². The maximum atomic E-state index is 12.5. The van der Waals surface area contributed by atoms with E-state index in [1.165, 1.54) is 4.31 Å². The van der Waals surface area contributed by atoms with Crippen molar-refractivity contribution in [2.24, 2.45) is 0 Å². The Morgan fingerprint density at radius 2 is 1.81 bits per heavy atom. The molecule has 1 aromatic rings. The summed E-state index contributed by atoms with van der Waals surface area (Å²) in [6.45, 7) is 3.84. The van der Waals surface area contributed by atoms with Crippen LogP contribution in [0.25, 0.3) is 0 Å². The third-order valence-corrected chi connectivity index (χ3v) is 5.55. The van der Waals surface area contributed by atoms with Crippen LogP contribution in [-0.2, 0) is 20.6 Å². The largest absolute Gasteiger partial charge is 0.341 e. The lowest BCUT2D eigenvalue weighted by Gasteiger charge is -2.21. The van der Waals surface area contributed by atoms with Gasteiger partial charge in [0.15, 0.2) is 0 Å². The topological polar surface area (TPSA) is 57.7 Å². The van der Waals surface area contributed by atoms with Gasteiger partial charge in [-0.3, -0.25) is 4.79 Å². The Labute approximate surface area is 126 Å². The van der Waals surface area contributed by atoms with Gasteiger partial charge in [0.25, 0.3) is 0 Å². The zero-order valence-corrected chi connectivity index (χ0v) is 13.2. The summed E-state index contributed by atoms with van der Waals surface area (Å²) in [5.41, 5.74) is 0.795. The molecule has 1 heterocycles. The van der Waals surface area contributed by atoms with Crippen LogP contribution in [0.5, 0.6) is 0 Å². The number of amides is 1. The Balaban J connectivity index is 2.02. The fraction of sp³-hybridized carbons (Fsp3) is 0.533. The highest BCUT2D eigenvalue weighted by Crippen LogP contribution is 2.14. The Morgan fingerprint density at radius 3 is 2.48 bits per heavy atom. The van der Waals surface area contributed by atoms with Gasteiger partial charge < -0.3 is 4.90 Å². The van der Waals surface area contributed by atoms with Crippen LogP contribution >= 0.6 is 0 Å². The molecule has 0 spiro atoms. The average Bonchev–Trinajstić information content (AvgIpc) is 2.73. The van der Waals surface area contributed by atoms with Gasteiger partial charge in [-0.1, -0.05) is 37.3 Å². The lowest BCUT2D eigenvalue weighted by molar-refractivity contribution is -0.130. The first-order valence-corrected chi connectivity index (χ1v) is 8.93. The van der Waals surface area contributed by atoms with Crippen molar-refractivity contribution in [3.8, 4) is 0 Å². The van der Waals surface area contributed by atoms with Gasteiger partial charge in [-0.15, -0.1) is 0 Å². The second-order valence-electron chi connectivity index (χ2n) is 5.23. The molecule has 0 aromatic heterocycles. The predicted molar refractivity (Wildman–Crippen MR) is 82.1 cm³/mol. The molecule has 0 N–H and O–H groups in total. The van der Waals surface area contributed by atoms with Gasteiger partial charge in [-0.05, 0) is 12.0 Å². The average molecular weight is 310 g/mol.